The standard InChI is InChI=1S/C24H17Cl2FN2O5/c1-33-22-15(11-16(25)23(34-2)18(22)26)20(30)17-19(12-6-8-28-9-7-12)29(24(32)21(17)31)14-5-3-4-13(27)10-14/h3-11,19,30H,1-2H3/b20-17+. The van der Waals surface area contributed by atoms with Crippen molar-refractivity contribution in [3.05, 3.63) is 87.4 Å². The van der Waals surface area contributed by atoms with E-state index in [-0.39, 0.29) is 38.4 Å². The molecule has 1 aliphatic heterocycles. The summed E-state index contributed by atoms with van der Waals surface area (Å²) in [5.74, 6) is -2.98. The van der Waals surface area contributed by atoms with E-state index in [1.54, 1.807) is 12.1 Å². The zero-order valence-corrected chi connectivity index (χ0v) is 19.4. The Balaban J connectivity index is 2.01. The number of rotatable bonds is 5. The first kappa shape index (κ1) is 23.5. The van der Waals surface area contributed by atoms with Gasteiger partial charge in [-0.15, -0.1) is 0 Å². The zero-order valence-electron chi connectivity index (χ0n) is 17.9. The number of anilines is 1. The molecule has 34 heavy (non-hydrogen) atoms. The average Bonchev–Trinajstić information content (AvgIpc) is 3.09. The number of aliphatic hydroxyl groups is 1. The Morgan fingerprint density at radius 3 is 2.35 bits per heavy atom. The van der Waals surface area contributed by atoms with Gasteiger partial charge in [0.15, 0.2) is 11.5 Å². The Hall–Kier alpha value is -3.62. The summed E-state index contributed by atoms with van der Waals surface area (Å²) in [5.41, 5.74) is 0.330. The van der Waals surface area contributed by atoms with Crippen LogP contribution in [0.1, 0.15) is 17.2 Å². The fourth-order valence-electron chi connectivity index (χ4n) is 3.88. The van der Waals surface area contributed by atoms with Crippen LogP contribution in [0.3, 0.4) is 0 Å². The maximum atomic E-state index is 14.0. The first-order chi connectivity index (χ1) is 16.3. The van der Waals surface area contributed by atoms with Crippen LogP contribution in [-0.2, 0) is 9.59 Å². The molecular weight excluding hydrogens is 486 g/mol. The number of pyridine rings is 1. The molecule has 2 aromatic carbocycles. The second-order valence-electron chi connectivity index (χ2n) is 7.22. The van der Waals surface area contributed by atoms with Gasteiger partial charge in [-0.3, -0.25) is 19.5 Å². The highest BCUT2D eigenvalue weighted by atomic mass is 35.5. The van der Waals surface area contributed by atoms with Crippen LogP contribution in [0.15, 0.2) is 60.4 Å². The summed E-state index contributed by atoms with van der Waals surface area (Å²) in [6.07, 6.45) is 2.95. The molecule has 0 bridgehead atoms. The molecular formula is C24H17Cl2FN2O5. The summed E-state index contributed by atoms with van der Waals surface area (Å²) >= 11 is 12.6. The Morgan fingerprint density at radius 2 is 1.74 bits per heavy atom. The lowest BCUT2D eigenvalue weighted by molar-refractivity contribution is -0.132. The summed E-state index contributed by atoms with van der Waals surface area (Å²) in [5, 5.41) is 11.4. The molecule has 4 rings (SSSR count). The number of Topliss-reactive ketones (excluding diaryl/α,β-unsaturated/α-hetero) is 1. The summed E-state index contributed by atoms with van der Waals surface area (Å²) in [6, 6.07) is 8.65. The highest BCUT2D eigenvalue weighted by Crippen LogP contribution is 2.48. The topological polar surface area (TPSA) is 89.0 Å². The van der Waals surface area contributed by atoms with E-state index in [0.717, 1.165) is 11.0 Å². The van der Waals surface area contributed by atoms with Gasteiger partial charge in [-0.2, -0.15) is 0 Å². The summed E-state index contributed by atoms with van der Waals surface area (Å²) in [6.45, 7) is 0. The number of nitrogens with zero attached hydrogens (tertiary/aromatic N) is 2. The number of carbonyl (C=O) groups is 2. The van der Waals surface area contributed by atoms with Crippen molar-refractivity contribution in [2.45, 2.75) is 6.04 Å². The molecule has 174 valence electrons. The number of hydrogen-bond donors (Lipinski definition) is 1. The monoisotopic (exact) mass is 502 g/mol. The van der Waals surface area contributed by atoms with Gasteiger partial charge in [-0.25, -0.2) is 4.39 Å². The molecule has 1 aromatic heterocycles. The molecule has 1 aliphatic rings. The number of ketones is 1. The van der Waals surface area contributed by atoms with Crippen molar-refractivity contribution in [1.29, 1.82) is 0 Å². The maximum absolute atomic E-state index is 14.0. The quantitative estimate of drug-likeness (QED) is 0.294. The molecule has 0 spiro atoms. The third-order valence-electron chi connectivity index (χ3n) is 5.35. The van der Waals surface area contributed by atoms with Crippen LogP contribution in [0.2, 0.25) is 10.0 Å². The summed E-state index contributed by atoms with van der Waals surface area (Å²) in [7, 11) is 2.68. The van der Waals surface area contributed by atoms with Gasteiger partial charge in [0.1, 0.15) is 16.6 Å². The predicted molar refractivity (Wildman–Crippen MR) is 125 cm³/mol. The molecule has 1 unspecified atom stereocenters. The van der Waals surface area contributed by atoms with Gasteiger partial charge in [-0.1, -0.05) is 29.3 Å². The lowest BCUT2D eigenvalue weighted by atomic mass is 9.95. The lowest BCUT2D eigenvalue weighted by Crippen LogP contribution is -2.29. The SMILES string of the molecule is COc1c(Cl)cc(/C(O)=C2\C(=O)C(=O)N(c3cccc(F)c3)C2c2ccncc2)c(OC)c1Cl. The number of halogens is 3. The van der Waals surface area contributed by atoms with E-state index in [0.29, 0.717) is 5.56 Å². The Labute approximate surface area is 204 Å². The minimum absolute atomic E-state index is 0.00847. The van der Waals surface area contributed by atoms with Gasteiger partial charge in [0.2, 0.25) is 0 Å². The van der Waals surface area contributed by atoms with E-state index in [9.17, 15) is 19.1 Å². The van der Waals surface area contributed by atoms with Crippen LogP contribution in [0.5, 0.6) is 11.5 Å². The minimum Gasteiger partial charge on any atom is -0.507 e. The number of aliphatic hydroxyl groups excluding tert-OH is 1. The predicted octanol–water partition coefficient (Wildman–Crippen LogP) is 5.17. The number of amides is 1. The van der Waals surface area contributed by atoms with Crippen LogP contribution in [0.4, 0.5) is 10.1 Å². The molecule has 1 atom stereocenters. The number of carbonyl (C=O) groups excluding carboxylic acids is 2. The van der Waals surface area contributed by atoms with Gasteiger partial charge in [0, 0.05) is 18.1 Å². The Kier molecular flexibility index (Phi) is 6.45. The van der Waals surface area contributed by atoms with Crippen molar-refractivity contribution < 1.29 is 28.6 Å². The first-order valence-corrected chi connectivity index (χ1v) is 10.6. The molecule has 0 radical (unpaired) electrons. The van der Waals surface area contributed by atoms with Crippen LogP contribution in [0, 0.1) is 5.82 Å². The molecule has 0 saturated carbocycles. The molecule has 1 fully saturated rings. The molecule has 3 aromatic rings. The van der Waals surface area contributed by atoms with E-state index in [2.05, 4.69) is 4.98 Å². The van der Waals surface area contributed by atoms with E-state index in [1.807, 2.05) is 0 Å². The van der Waals surface area contributed by atoms with Crippen LogP contribution >= 0.6 is 23.2 Å². The van der Waals surface area contributed by atoms with Crippen LogP contribution in [-0.4, -0.2) is 36.0 Å². The highest BCUT2D eigenvalue weighted by molar-refractivity contribution is 6.52. The fourth-order valence-corrected chi connectivity index (χ4v) is 4.56. The number of benzene rings is 2. The van der Waals surface area contributed by atoms with Crippen molar-refractivity contribution in [2.24, 2.45) is 0 Å². The molecule has 10 heteroatoms. The highest BCUT2D eigenvalue weighted by Gasteiger charge is 2.47. The van der Waals surface area contributed by atoms with Gasteiger partial charge in [0.25, 0.3) is 11.7 Å². The van der Waals surface area contributed by atoms with Gasteiger partial charge < -0.3 is 14.6 Å². The zero-order chi connectivity index (χ0) is 24.6. The number of methoxy groups -OCH3 is 2. The molecule has 1 N–H and O–H groups in total. The molecule has 1 amide bonds. The number of hydrogen-bond acceptors (Lipinski definition) is 6. The van der Waals surface area contributed by atoms with Crippen molar-refractivity contribution in [3.63, 3.8) is 0 Å². The molecule has 2 heterocycles. The Morgan fingerprint density at radius 1 is 1.06 bits per heavy atom. The van der Waals surface area contributed by atoms with Gasteiger partial charge in [0.05, 0.1) is 36.4 Å². The second-order valence-corrected chi connectivity index (χ2v) is 8.00. The van der Waals surface area contributed by atoms with Gasteiger partial charge >= 0.3 is 0 Å². The maximum Gasteiger partial charge on any atom is 0.300 e. The number of ether oxygens (including phenoxy) is 2. The van der Waals surface area contributed by atoms with E-state index < -0.39 is 29.3 Å². The smallest absolute Gasteiger partial charge is 0.300 e. The van der Waals surface area contributed by atoms with Crippen LogP contribution in [0.25, 0.3) is 5.76 Å². The molecule has 1 saturated heterocycles. The second kappa shape index (κ2) is 9.32. The molecule has 7 nitrogen and oxygen atoms in total. The van der Waals surface area contributed by atoms with E-state index in [1.165, 1.54) is 50.9 Å². The van der Waals surface area contributed by atoms with Crippen molar-refractivity contribution in [1.82, 2.24) is 4.98 Å². The average molecular weight is 503 g/mol. The third-order valence-corrected chi connectivity index (χ3v) is 5.97. The fraction of sp³-hybridized carbons (Fsp3) is 0.125. The van der Waals surface area contributed by atoms with Crippen LogP contribution < -0.4 is 14.4 Å². The van der Waals surface area contributed by atoms with E-state index in [4.69, 9.17) is 32.7 Å². The summed E-state index contributed by atoms with van der Waals surface area (Å²) in [4.78, 5) is 31.4. The van der Waals surface area contributed by atoms with Crippen molar-refractivity contribution in [2.75, 3.05) is 19.1 Å². The first-order valence-electron chi connectivity index (χ1n) is 9.87. The minimum atomic E-state index is -1.09. The van der Waals surface area contributed by atoms with Crippen molar-refractivity contribution >= 4 is 46.3 Å². The number of aromatic nitrogens is 1. The summed E-state index contributed by atoms with van der Waals surface area (Å²) < 4.78 is 24.5. The van der Waals surface area contributed by atoms with E-state index >= 15 is 0 Å². The lowest BCUT2D eigenvalue weighted by Gasteiger charge is -2.25. The Bertz CT molecular complexity index is 1330. The molecule has 0 aliphatic carbocycles. The van der Waals surface area contributed by atoms with Gasteiger partial charge in [-0.05, 0) is 42.0 Å². The normalized spacial score (nSPS) is 17.2. The largest absolute Gasteiger partial charge is 0.507 e. The van der Waals surface area contributed by atoms with Crippen molar-refractivity contribution in [3.8, 4) is 11.5 Å². The third kappa shape index (κ3) is 3.85.